The molecule has 5 aliphatic rings. The highest BCUT2D eigenvalue weighted by Gasteiger charge is 2.65. The maximum absolute atomic E-state index is 11.4. The molecule has 2 nitrogen and oxygen atoms in total. The van der Waals surface area contributed by atoms with Gasteiger partial charge in [-0.05, 0) is 73.5 Å². The lowest BCUT2D eigenvalue weighted by Gasteiger charge is -2.59. The average Bonchev–Trinajstić information content (AvgIpc) is 3.21. The third kappa shape index (κ3) is 2.64. The second-order valence-electron chi connectivity index (χ2n) is 10.2. The molecule has 4 heteroatoms. The van der Waals surface area contributed by atoms with Crippen LogP contribution in [0, 0.1) is 28.6 Å². The number of hydrogen-bond acceptors (Lipinski definition) is 4. The molecule has 1 saturated heterocycles. The lowest BCUT2D eigenvalue weighted by molar-refractivity contribution is -0.148. The maximum atomic E-state index is 11.4. The summed E-state index contributed by atoms with van der Waals surface area (Å²) in [5.74, 6) is 5.24. The molecule has 0 radical (unpaired) electrons. The molecule has 0 unspecified atom stereocenters. The molecule has 5 rings (SSSR count). The Morgan fingerprint density at radius 2 is 1.81 bits per heavy atom. The van der Waals surface area contributed by atoms with Gasteiger partial charge in [-0.1, -0.05) is 25.5 Å². The van der Waals surface area contributed by atoms with Crippen molar-refractivity contribution >= 4 is 29.5 Å². The smallest absolute Gasteiger partial charge is 0.302 e. The number of rotatable bonds is 1. The minimum atomic E-state index is -0.117. The first-order chi connectivity index (χ1) is 12.9. The summed E-state index contributed by atoms with van der Waals surface area (Å²) in [7, 11) is 0. The van der Waals surface area contributed by atoms with Crippen molar-refractivity contribution in [1.82, 2.24) is 0 Å². The summed E-state index contributed by atoms with van der Waals surface area (Å²) >= 11 is 4.61. The number of esters is 1. The normalized spacial score (nSPS) is 47.7. The van der Waals surface area contributed by atoms with Crippen LogP contribution in [0.5, 0.6) is 0 Å². The quantitative estimate of drug-likeness (QED) is 0.391. The van der Waals surface area contributed by atoms with Crippen LogP contribution in [0.4, 0.5) is 0 Å². The van der Waals surface area contributed by atoms with Crippen molar-refractivity contribution in [3.8, 4) is 0 Å². The van der Waals surface area contributed by atoms with E-state index in [4.69, 9.17) is 4.74 Å². The van der Waals surface area contributed by atoms with Gasteiger partial charge in [0, 0.05) is 24.9 Å². The molecular formula is C23H34O2S2. The van der Waals surface area contributed by atoms with Crippen molar-refractivity contribution in [3.63, 3.8) is 0 Å². The summed E-state index contributed by atoms with van der Waals surface area (Å²) in [5.41, 5.74) is 2.51. The zero-order valence-electron chi connectivity index (χ0n) is 17.1. The highest BCUT2D eigenvalue weighted by Crippen LogP contribution is 2.73. The Morgan fingerprint density at radius 1 is 1.07 bits per heavy atom. The van der Waals surface area contributed by atoms with E-state index >= 15 is 0 Å². The Kier molecular flexibility index (Phi) is 4.52. The van der Waals surface area contributed by atoms with Crippen molar-refractivity contribution in [2.24, 2.45) is 28.6 Å². The molecule has 4 fully saturated rings. The number of hydrogen-bond donors (Lipinski definition) is 0. The third-order valence-electron chi connectivity index (χ3n) is 9.19. The van der Waals surface area contributed by atoms with Gasteiger partial charge in [0.15, 0.2) is 0 Å². The van der Waals surface area contributed by atoms with Crippen molar-refractivity contribution < 1.29 is 9.53 Å². The molecule has 1 heterocycles. The molecule has 1 spiro atoms. The molecule has 0 N–H and O–H groups in total. The van der Waals surface area contributed by atoms with E-state index in [0.717, 1.165) is 30.6 Å². The van der Waals surface area contributed by atoms with Crippen LogP contribution in [0.1, 0.15) is 72.1 Å². The number of carbonyl (C=O) groups excluding carboxylic acids is 1. The zero-order valence-corrected chi connectivity index (χ0v) is 18.7. The second-order valence-corrected chi connectivity index (χ2v) is 13.2. The Morgan fingerprint density at radius 3 is 2.56 bits per heavy atom. The molecule has 0 bridgehead atoms. The van der Waals surface area contributed by atoms with Crippen LogP contribution >= 0.6 is 23.5 Å². The Labute approximate surface area is 173 Å². The van der Waals surface area contributed by atoms with Crippen LogP contribution in [0.15, 0.2) is 11.6 Å². The lowest BCUT2D eigenvalue weighted by atomic mass is 9.48. The van der Waals surface area contributed by atoms with Gasteiger partial charge in [0.05, 0.1) is 4.08 Å². The fourth-order valence-corrected chi connectivity index (χ4v) is 11.7. The van der Waals surface area contributed by atoms with Crippen LogP contribution < -0.4 is 0 Å². The Balaban J connectivity index is 1.41. The molecule has 0 amide bonds. The highest BCUT2D eigenvalue weighted by atomic mass is 32.2. The number of ether oxygens (including phenoxy) is 1. The molecule has 4 aliphatic carbocycles. The highest BCUT2D eigenvalue weighted by molar-refractivity contribution is 8.21. The van der Waals surface area contributed by atoms with E-state index in [1.165, 1.54) is 50.0 Å². The fourth-order valence-electron chi connectivity index (χ4n) is 7.85. The van der Waals surface area contributed by atoms with E-state index in [1.54, 1.807) is 12.5 Å². The lowest BCUT2D eigenvalue weighted by Crippen LogP contribution is -2.52. The molecule has 27 heavy (non-hydrogen) atoms. The predicted octanol–water partition coefficient (Wildman–Crippen LogP) is 6.06. The third-order valence-corrected chi connectivity index (χ3v) is 13.2. The van der Waals surface area contributed by atoms with Crippen LogP contribution in [-0.4, -0.2) is 27.7 Å². The van der Waals surface area contributed by atoms with Gasteiger partial charge in [-0.15, -0.1) is 23.5 Å². The van der Waals surface area contributed by atoms with Crippen molar-refractivity contribution in [2.45, 2.75) is 82.3 Å². The van der Waals surface area contributed by atoms with Crippen LogP contribution in [0.25, 0.3) is 0 Å². The fraction of sp³-hybridized carbons (Fsp3) is 0.870. The largest absolute Gasteiger partial charge is 0.462 e. The maximum Gasteiger partial charge on any atom is 0.302 e. The number of fused-ring (bicyclic) bond motifs is 6. The first-order valence-electron chi connectivity index (χ1n) is 11.0. The predicted molar refractivity (Wildman–Crippen MR) is 115 cm³/mol. The second kappa shape index (κ2) is 6.45. The molecular weight excluding hydrogens is 372 g/mol. The number of allylic oxidation sites excluding steroid dienone is 1. The summed E-state index contributed by atoms with van der Waals surface area (Å²) in [6.07, 6.45) is 12.9. The van der Waals surface area contributed by atoms with Crippen molar-refractivity contribution in [1.29, 1.82) is 0 Å². The number of thioether (sulfide) groups is 2. The summed E-state index contributed by atoms with van der Waals surface area (Å²) < 4.78 is 6.11. The van der Waals surface area contributed by atoms with Gasteiger partial charge in [-0.3, -0.25) is 4.79 Å². The first kappa shape index (κ1) is 18.9. The summed E-state index contributed by atoms with van der Waals surface area (Å²) in [6, 6.07) is 0. The van der Waals surface area contributed by atoms with Gasteiger partial charge >= 0.3 is 5.97 Å². The van der Waals surface area contributed by atoms with Gasteiger partial charge in [0.2, 0.25) is 0 Å². The number of carbonyl (C=O) groups is 1. The van der Waals surface area contributed by atoms with Gasteiger partial charge in [-0.2, -0.15) is 0 Å². The minimum Gasteiger partial charge on any atom is -0.462 e. The van der Waals surface area contributed by atoms with E-state index in [1.807, 2.05) is 0 Å². The molecule has 6 atom stereocenters. The zero-order chi connectivity index (χ0) is 18.9. The van der Waals surface area contributed by atoms with Crippen LogP contribution in [0.2, 0.25) is 0 Å². The van der Waals surface area contributed by atoms with Gasteiger partial charge < -0.3 is 4.74 Å². The SMILES string of the molecule is CC(=O)O[C@H]1CC[C@@]2(C)C(=CC[C@H]3[C@H]4CCC5(SCCS5)[C@@]4(C)CC[C@@H]32)C1. The average molecular weight is 407 g/mol. The van der Waals surface area contributed by atoms with Crippen molar-refractivity contribution in [2.75, 3.05) is 11.5 Å². The van der Waals surface area contributed by atoms with E-state index in [0.29, 0.717) is 14.9 Å². The molecule has 0 aromatic carbocycles. The van der Waals surface area contributed by atoms with E-state index in [-0.39, 0.29) is 12.1 Å². The molecule has 1 aliphatic heterocycles. The Hall–Kier alpha value is -0.0900. The minimum absolute atomic E-state index is 0.117. The van der Waals surface area contributed by atoms with Crippen molar-refractivity contribution in [3.05, 3.63) is 11.6 Å². The van der Waals surface area contributed by atoms with E-state index < -0.39 is 0 Å². The molecule has 150 valence electrons. The van der Waals surface area contributed by atoms with Gasteiger partial charge in [0.25, 0.3) is 0 Å². The summed E-state index contributed by atoms with van der Waals surface area (Å²) in [5, 5.41) is 0. The first-order valence-corrected chi connectivity index (χ1v) is 13.0. The van der Waals surface area contributed by atoms with E-state index in [9.17, 15) is 4.79 Å². The summed E-state index contributed by atoms with van der Waals surface area (Å²) in [6.45, 7) is 6.76. The monoisotopic (exact) mass is 406 g/mol. The summed E-state index contributed by atoms with van der Waals surface area (Å²) in [4.78, 5) is 11.4. The molecule has 0 aromatic rings. The molecule has 3 saturated carbocycles. The van der Waals surface area contributed by atoms with Crippen LogP contribution in [0.3, 0.4) is 0 Å². The Bertz CT molecular complexity index is 667. The van der Waals surface area contributed by atoms with Gasteiger partial charge in [0.1, 0.15) is 6.10 Å². The standard InChI is InChI=1S/C23H34O2S2/c1-15(24)25-17-6-9-21(2)16(14-17)4-5-18-19(21)7-10-22(3)20(18)8-11-23(22)26-12-13-27-23/h4,17-20H,5-14H2,1-3H3/t17-,18+,19-,20+,21-,22-/m0/s1. The molecule has 0 aromatic heterocycles. The van der Waals surface area contributed by atoms with Gasteiger partial charge in [-0.25, -0.2) is 0 Å². The van der Waals surface area contributed by atoms with E-state index in [2.05, 4.69) is 43.4 Å². The topological polar surface area (TPSA) is 26.3 Å². The van der Waals surface area contributed by atoms with Crippen LogP contribution in [-0.2, 0) is 9.53 Å².